The molecule has 0 saturated carbocycles. The lowest BCUT2D eigenvalue weighted by Gasteiger charge is -2.08. The molecule has 30 heavy (non-hydrogen) atoms. The summed E-state index contributed by atoms with van der Waals surface area (Å²) in [6.07, 6.45) is 2.44. The van der Waals surface area contributed by atoms with Crippen molar-refractivity contribution in [2.45, 2.75) is 32.7 Å². The molecule has 0 aliphatic rings. The number of hydrogen-bond donors (Lipinski definition) is 1. The molecule has 0 unspecified atom stereocenters. The Bertz CT molecular complexity index is 1180. The highest BCUT2D eigenvalue weighted by atomic mass is 19.1. The zero-order chi connectivity index (χ0) is 21.1. The normalized spacial score (nSPS) is 11.2. The van der Waals surface area contributed by atoms with Crippen molar-refractivity contribution in [2.75, 3.05) is 5.32 Å². The lowest BCUT2D eigenvalue weighted by atomic mass is 10.1. The summed E-state index contributed by atoms with van der Waals surface area (Å²) >= 11 is 0. The third kappa shape index (κ3) is 3.94. The van der Waals surface area contributed by atoms with Gasteiger partial charge in [-0.2, -0.15) is 0 Å². The van der Waals surface area contributed by atoms with Crippen LogP contribution in [0, 0.1) is 11.6 Å². The van der Waals surface area contributed by atoms with E-state index in [9.17, 15) is 13.6 Å². The molecular weight excluding hydrogens is 390 g/mol. The standard InChI is InChI=1S/C22H20F2N4O2/c1-2-12-28-17-9-4-3-8-16(17)26-22(28)27-19(29)10-11-20-25-13-18(30-20)21-14(23)6-5-7-15(21)24/h3-9,13H,2,10-12H2,1H3,(H,26,27,29). The minimum atomic E-state index is -0.731. The van der Waals surface area contributed by atoms with Crippen LogP contribution >= 0.6 is 0 Å². The van der Waals surface area contributed by atoms with Crippen molar-refractivity contribution < 1.29 is 18.0 Å². The molecular formula is C22H20F2N4O2. The SMILES string of the molecule is CCCn1c(NC(=O)CCc2ncc(-c3c(F)cccc3F)o2)nc2ccccc21. The molecule has 0 spiro atoms. The molecule has 0 bridgehead atoms. The summed E-state index contributed by atoms with van der Waals surface area (Å²) in [7, 11) is 0. The molecule has 2 heterocycles. The van der Waals surface area contributed by atoms with E-state index in [1.807, 2.05) is 28.8 Å². The number of rotatable bonds is 7. The number of nitrogens with zero attached hydrogens (tertiary/aromatic N) is 3. The molecule has 0 aliphatic heterocycles. The minimum Gasteiger partial charge on any atom is -0.441 e. The molecule has 2 aromatic heterocycles. The molecule has 0 fully saturated rings. The number of benzene rings is 2. The number of amides is 1. The number of para-hydroxylation sites is 2. The lowest BCUT2D eigenvalue weighted by molar-refractivity contribution is -0.116. The maximum absolute atomic E-state index is 13.9. The zero-order valence-electron chi connectivity index (χ0n) is 16.4. The highest BCUT2D eigenvalue weighted by molar-refractivity contribution is 5.91. The van der Waals surface area contributed by atoms with Crippen molar-refractivity contribution in [3.05, 3.63) is 66.2 Å². The van der Waals surface area contributed by atoms with E-state index in [-0.39, 0.29) is 36.0 Å². The van der Waals surface area contributed by atoms with Crippen molar-refractivity contribution >= 4 is 22.9 Å². The van der Waals surface area contributed by atoms with Gasteiger partial charge in [0.05, 0.1) is 22.8 Å². The van der Waals surface area contributed by atoms with Gasteiger partial charge < -0.3 is 8.98 Å². The topological polar surface area (TPSA) is 73.0 Å². The Hall–Kier alpha value is -3.55. The molecule has 154 valence electrons. The van der Waals surface area contributed by atoms with Crippen LogP contribution in [0.3, 0.4) is 0 Å². The second-order valence-electron chi connectivity index (χ2n) is 6.84. The summed E-state index contributed by atoms with van der Waals surface area (Å²) in [6, 6.07) is 11.3. The summed E-state index contributed by atoms with van der Waals surface area (Å²) in [5, 5.41) is 2.84. The third-order valence-corrected chi connectivity index (χ3v) is 4.68. The van der Waals surface area contributed by atoms with E-state index < -0.39 is 11.6 Å². The zero-order valence-corrected chi connectivity index (χ0v) is 16.4. The van der Waals surface area contributed by atoms with E-state index in [4.69, 9.17) is 4.42 Å². The van der Waals surface area contributed by atoms with Gasteiger partial charge in [0, 0.05) is 19.4 Å². The van der Waals surface area contributed by atoms with Crippen LogP contribution in [0.2, 0.25) is 0 Å². The number of carbonyl (C=O) groups excluding carboxylic acids is 1. The number of aromatic nitrogens is 3. The van der Waals surface area contributed by atoms with Crippen LogP contribution in [0.15, 0.2) is 53.1 Å². The number of carbonyl (C=O) groups is 1. The number of nitrogens with one attached hydrogen (secondary N) is 1. The second-order valence-corrected chi connectivity index (χ2v) is 6.84. The number of halogens is 2. The van der Waals surface area contributed by atoms with Gasteiger partial charge in [-0.3, -0.25) is 10.1 Å². The van der Waals surface area contributed by atoms with Gasteiger partial charge in [-0.25, -0.2) is 18.7 Å². The monoisotopic (exact) mass is 410 g/mol. The Morgan fingerprint density at radius 1 is 1.13 bits per heavy atom. The van der Waals surface area contributed by atoms with Gasteiger partial charge in [0.25, 0.3) is 0 Å². The number of anilines is 1. The molecule has 4 aromatic rings. The van der Waals surface area contributed by atoms with E-state index in [1.54, 1.807) is 0 Å². The average molecular weight is 410 g/mol. The molecule has 0 saturated heterocycles. The fourth-order valence-corrected chi connectivity index (χ4v) is 3.30. The van der Waals surface area contributed by atoms with Crippen molar-refractivity contribution in [2.24, 2.45) is 0 Å². The Morgan fingerprint density at radius 3 is 2.67 bits per heavy atom. The van der Waals surface area contributed by atoms with Gasteiger partial charge in [0.15, 0.2) is 11.7 Å². The Labute approximate surface area is 171 Å². The number of hydrogen-bond acceptors (Lipinski definition) is 4. The summed E-state index contributed by atoms with van der Waals surface area (Å²) < 4.78 is 35.2. The highest BCUT2D eigenvalue weighted by Gasteiger charge is 2.17. The predicted molar refractivity (Wildman–Crippen MR) is 109 cm³/mol. The van der Waals surface area contributed by atoms with Crippen LogP contribution in [-0.4, -0.2) is 20.4 Å². The van der Waals surface area contributed by atoms with E-state index in [0.29, 0.717) is 5.95 Å². The van der Waals surface area contributed by atoms with Crippen molar-refractivity contribution in [3.63, 3.8) is 0 Å². The third-order valence-electron chi connectivity index (χ3n) is 4.68. The Morgan fingerprint density at radius 2 is 1.90 bits per heavy atom. The van der Waals surface area contributed by atoms with E-state index in [2.05, 4.69) is 22.2 Å². The first-order valence-corrected chi connectivity index (χ1v) is 9.71. The summed E-state index contributed by atoms with van der Waals surface area (Å²) in [5.74, 6) is -1.00. The molecule has 2 aromatic carbocycles. The molecule has 0 aliphatic carbocycles. The number of fused-ring (bicyclic) bond motifs is 1. The van der Waals surface area contributed by atoms with E-state index in [0.717, 1.165) is 36.1 Å². The van der Waals surface area contributed by atoms with Gasteiger partial charge in [-0.05, 0) is 30.7 Å². The van der Waals surface area contributed by atoms with Gasteiger partial charge in [-0.1, -0.05) is 25.1 Å². The molecule has 6 nitrogen and oxygen atoms in total. The van der Waals surface area contributed by atoms with Gasteiger partial charge in [0.1, 0.15) is 11.6 Å². The quantitative estimate of drug-likeness (QED) is 0.468. The molecule has 8 heteroatoms. The fraction of sp³-hybridized carbons (Fsp3) is 0.227. The first-order chi connectivity index (χ1) is 14.6. The first-order valence-electron chi connectivity index (χ1n) is 9.71. The molecule has 0 radical (unpaired) electrons. The second kappa shape index (κ2) is 8.44. The molecule has 1 N–H and O–H groups in total. The minimum absolute atomic E-state index is 0.00857. The summed E-state index contributed by atoms with van der Waals surface area (Å²) in [5.41, 5.74) is 1.50. The van der Waals surface area contributed by atoms with Crippen molar-refractivity contribution in [1.29, 1.82) is 0 Å². The molecule has 4 rings (SSSR count). The molecule has 0 atom stereocenters. The summed E-state index contributed by atoms with van der Waals surface area (Å²) in [6.45, 7) is 2.78. The predicted octanol–water partition coefficient (Wildman–Crippen LogP) is 4.95. The van der Waals surface area contributed by atoms with Crippen molar-refractivity contribution in [1.82, 2.24) is 14.5 Å². The van der Waals surface area contributed by atoms with Crippen LogP contribution in [0.1, 0.15) is 25.7 Å². The number of imidazole rings is 1. The summed E-state index contributed by atoms with van der Waals surface area (Å²) in [4.78, 5) is 21.0. The van der Waals surface area contributed by atoms with Crippen molar-refractivity contribution in [3.8, 4) is 11.3 Å². The van der Waals surface area contributed by atoms with Crippen LogP contribution in [0.25, 0.3) is 22.4 Å². The van der Waals surface area contributed by atoms with Crippen LogP contribution < -0.4 is 5.32 Å². The van der Waals surface area contributed by atoms with E-state index in [1.165, 1.54) is 12.3 Å². The Kier molecular flexibility index (Phi) is 5.56. The molecule has 1 amide bonds. The smallest absolute Gasteiger partial charge is 0.227 e. The largest absolute Gasteiger partial charge is 0.441 e. The van der Waals surface area contributed by atoms with Crippen LogP contribution in [0.4, 0.5) is 14.7 Å². The number of aryl methyl sites for hydroxylation is 2. The average Bonchev–Trinajstić information content (AvgIpc) is 3.32. The van der Waals surface area contributed by atoms with Gasteiger partial charge >= 0.3 is 0 Å². The lowest BCUT2D eigenvalue weighted by Crippen LogP contribution is -2.16. The maximum Gasteiger partial charge on any atom is 0.227 e. The highest BCUT2D eigenvalue weighted by Crippen LogP contribution is 2.27. The van der Waals surface area contributed by atoms with Gasteiger partial charge in [-0.15, -0.1) is 0 Å². The van der Waals surface area contributed by atoms with E-state index >= 15 is 0 Å². The van der Waals surface area contributed by atoms with Crippen LogP contribution in [-0.2, 0) is 17.8 Å². The maximum atomic E-state index is 13.9. The number of oxazole rings is 1. The first kappa shape index (κ1) is 19.8. The fourth-order valence-electron chi connectivity index (χ4n) is 3.30. The Balaban J connectivity index is 1.44. The van der Waals surface area contributed by atoms with Gasteiger partial charge in [0.2, 0.25) is 11.9 Å². The van der Waals surface area contributed by atoms with Crippen LogP contribution in [0.5, 0.6) is 0 Å².